The number of hydrogen-bond donors (Lipinski definition) is 0. The van der Waals surface area contributed by atoms with Crippen LogP contribution in [0, 0.1) is 0 Å². The second-order valence-electron chi connectivity index (χ2n) is 5.93. The van der Waals surface area contributed by atoms with Crippen molar-refractivity contribution >= 4 is 11.1 Å². The molecule has 4 rings (SSSR count). The van der Waals surface area contributed by atoms with Gasteiger partial charge in [0.1, 0.15) is 0 Å². The van der Waals surface area contributed by atoms with Crippen LogP contribution in [0.2, 0.25) is 0 Å². The average molecular weight is 325 g/mol. The van der Waals surface area contributed by atoms with Gasteiger partial charge in [-0.25, -0.2) is 4.79 Å². The Morgan fingerprint density at radius 1 is 1.17 bits per heavy atom. The highest BCUT2D eigenvalue weighted by Crippen LogP contribution is 2.21. The molecule has 0 aliphatic carbocycles. The number of pyridine rings is 1. The van der Waals surface area contributed by atoms with Crippen LogP contribution in [0.3, 0.4) is 0 Å². The molecule has 3 heterocycles. The third-order valence-electron chi connectivity index (χ3n) is 4.42. The molecule has 0 unspecified atom stereocenters. The van der Waals surface area contributed by atoms with Gasteiger partial charge in [0.25, 0.3) is 0 Å². The van der Waals surface area contributed by atoms with E-state index in [0.29, 0.717) is 18.7 Å². The van der Waals surface area contributed by atoms with Gasteiger partial charge < -0.3 is 9.15 Å². The van der Waals surface area contributed by atoms with Gasteiger partial charge in [0.2, 0.25) is 0 Å². The Morgan fingerprint density at radius 2 is 2.08 bits per heavy atom. The minimum absolute atomic E-state index is 0.0327. The molecule has 0 spiro atoms. The Kier molecular flexibility index (Phi) is 4.15. The molecule has 0 saturated carbocycles. The van der Waals surface area contributed by atoms with E-state index in [1.807, 2.05) is 42.6 Å². The summed E-state index contributed by atoms with van der Waals surface area (Å²) in [6, 6.07) is 11.5. The van der Waals surface area contributed by atoms with Gasteiger partial charge in [-0.2, -0.15) is 0 Å². The number of para-hydroxylation sites is 2. The summed E-state index contributed by atoms with van der Waals surface area (Å²) in [7, 11) is 0. The van der Waals surface area contributed by atoms with Crippen LogP contribution in [0.15, 0.2) is 58.0 Å². The number of morpholine rings is 1. The molecule has 1 saturated heterocycles. The molecule has 3 aromatic rings. The normalized spacial score (nSPS) is 18.9. The van der Waals surface area contributed by atoms with Crippen molar-refractivity contribution in [2.24, 2.45) is 0 Å². The second kappa shape index (κ2) is 6.59. The molecule has 0 bridgehead atoms. The fourth-order valence-corrected chi connectivity index (χ4v) is 3.14. The van der Waals surface area contributed by atoms with Gasteiger partial charge in [0.05, 0.1) is 18.2 Å². The molecule has 1 fully saturated rings. The van der Waals surface area contributed by atoms with Crippen LogP contribution < -0.4 is 5.76 Å². The number of nitrogens with zero attached hydrogens (tertiary/aromatic N) is 3. The highest BCUT2D eigenvalue weighted by atomic mass is 16.5. The van der Waals surface area contributed by atoms with E-state index in [0.717, 1.165) is 30.7 Å². The molecule has 1 atom stereocenters. The predicted octanol–water partition coefficient (Wildman–Crippen LogP) is 2.06. The SMILES string of the molecule is O=c1oc2ccccc2n1CCN1CCO[C@H](c2cccnc2)C1. The topological polar surface area (TPSA) is 60.5 Å². The zero-order valence-electron chi connectivity index (χ0n) is 13.3. The Morgan fingerprint density at radius 3 is 2.96 bits per heavy atom. The maximum atomic E-state index is 12.0. The average Bonchev–Trinajstić information content (AvgIpc) is 2.96. The number of rotatable bonds is 4. The highest BCUT2D eigenvalue weighted by Gasteiger charge is 2.22. The molecule has 0 N–H and O–H groups in total. The molecule has 1 aliphatic heterocycles. The van der Waals surface area contributed by atoms with Gasteiger partial charge in [-0.3, -0.25) is 14.5 Å². The second-order valence-corrected chi connectivity index (χ2v) is 5.93. The number of benzene rings is 1. The summed E-state index contributed by atoms with van der Waals surface area (Å²) in [5, 5.41) is 0. The summed E-state index contributed by atoms with van der Waals surface area (Å²) in [5.41, 5.74) is 2.57. The van der Waals surface area contributed by atoms with Crippen molar-refractivity contribution in [3.63, 3.8) is 0 Å². The maximum Gasteiger partial charge on any atom is 0.419 e. The largest absolute Gasteiger partial charge is 0.419 e. The summed E-state index contributed by atoms with van der Waals surface area (Å²) in [4.78, 5) is 18.5. The molecule has 24 heavy (non-hydrogen) atoms. The molecule has 1 aromatic carbocycles. The fourth-order valence-electron chi connectivity index (χ4n) is 3.14. The van der Waals surface area contributed by atoms with Crippen LogP contribution in [0.5, 0.6) is 0 Å². The highest BCUT2D eigenvalue weighted by molar-refractivity contribution is 5.72. The van der Waals surface area contributed by atoms with E-state index in [-0.39, 0.29) is 11.9 Å². The van der Waals surface area contributed by atoms with Crippen LogP contribution in [0.1, 0.15) is 11.7 Å². The van der Waals surface area contributed by atoms with Gasteiger partial charge in [-0.1, -0.05) is 18.2 Å². The minimum atomic E-state index is -0.298. The third kappa shape index (κ3) is 2.98. The van der Waals surface area contributed by atoms with E-state index in [1.54, 1.807) is 10.8 Å². The van der Waals surface area contributed by atoms with Gasteiger partial charge in [0, 0.05) is 44.1 Å². The molecule has 0 radical (unpaired) electrons. The van der Waals surface area contributed by atoms with Gasteiger partial charge >= 0.3 is 5.76 Å². The lowest BCUT2D eigenvalue weighted by Gasteiger charge is -2.32. The van der Waals surface area contributed by atoms with Crippen molar-refractivity contribution in [1.82, 2.24) is 14.5 Å². The Labute approximate surface area is 139 Å². The lowest BCUT2D eigenvalue weighted by atomic mass is 10.1. The summed E-state index contributed by atoms with van der Waals surface area (Å²) in [5.74, 6) is -0.298. The van der Waals surface area contributed by atoms with Gasteiger partial charge in [0.15, 0.2) is 5.58 Å². The Hall–Kier alpha value is -2.44. The van der Waals surface area contributed by atoms with Crippen LogP contribution in [0.25, 0.3) is 11.1 Å². The number of ether oxygens (including phenoxy) is 1. The van der Waals surface area contributed by atoms with E-state index in [4.69, 9.17) is 9.15 Å². The third-order valence-corrected chi connectivity index (χ3v) is 4.42. The van der Waals surface area contributed by atoms with Crippen LogP contribution in [0.4, 0.5) is 0 Å². The zero-order chi connectivity index (χ0) is 16.4. The maximum absolute atomic E-state index is 12.0. The molecule has 1 aliphatic rings. The molecule has 124 valence electrons. The number of fused-ring (bicyclic) bond motifs is 1. The number of oxazole rings is 1. The Balaban J connectivity index is 1.45. The van der Waals surface area contributed by atoms with E-state index >= 15 is 0 Å². The molecule has 6 nitrogen and oxygen atoms in total. The summed E-state index contributed by atoms with van der Waals surface area (Å²) >= 11 is 0. The zero-order valence-corrected chi connectivity index (χ0v) is 13.3. The lowest BCUT2D eigenvalue weighted by Crippen LogP contribution is -2.40. The molecular weight excluding hydrogens is 306 g/mol. The van der Waals surface area contributed by atoms with Crippen molar-refractivity contribution in [2.45, 2.75) is 12.6 Å². The lowest BCUT2D eigenvalue weighted by molar-refractivity contribution is -0.0310. The van der Waals surface area contributed by atoms with Crippen molar-refractivity contribution in [3.05, 3.63) is 64.9 Å². The first kappa shape index (κ1) is 15.1. The standard InChI is InChI=1S/C18H19N3O3/c22-18-21(15-5-1-2-6-16(15)24-18)9-8-20-10-11-23-17(13-20)14-4-3-7-19-12-14/h1-7,12,17H,8-11,13H2/t17-/m0/s1. The van der Waals surface area contributed by atoms with E-state index in [2.05, 4.69) is 9.88 Å². The van der Waals surface area contributed by atoms with Crippen molar-refractivity contribution in [1.29, 1.82) is 0 Å². The number of hydrogen-bond acceptors (Lipinski definition) is 5. The monoisotopic (exact) mass is 325 g/mol. The first-order valence-corrected chi connectivity index (χ1v) is 8.13. The van der Waals surface area contributed by atoms with E-state index in [1.165, 1.54) is 0 Å². The Bertz CT molecular complexity index is 872. The van der Waals surface area contributed by atoms with Crippen molar-refractivity contribution in [3.8, 4) is 0 Å². The van der Waals surface area contributed by atoms with Crippen LogP contribution in [-0.4, -0.2) is 40.7 Å². The fraction of sp³-hybridized carbons (Fsp3) is 0.333. The van der Waals surface area contributed by atoms with Gasteiger partial charge in [-0.15, -0.1) is 0 Å². The van der Waals surface area contributed by atoms with Crippen LogP contribution >= 0.6 is 0 Å². The number of aromatic nitrogens is 2. The van der Waals surface area contributed by atoms with Gasteiger partial charge in [-0.05, 0) is 18.2 Å². The van der Waals surface area contributed by atoms with Crippen molar-refractivity contribution < 1.29 is 9.15 Å². The summed E-state index contributed by atoms with van der Waals surface area (Å²) in [6.07, 6.45) is 3.65. The van der Waals surface area contributed by atoms with E-state index < -0.39 is 0 Å². The first-order valence-electron chi connectivity index (χ1n) is 8.13. The predicted molar refractivity (Wildman–Crippen MR) is 89.8 cm³/mol. The quantitative estimate of drug-likeness (QED) is 0.735. The molecule has 0 amide bonds. The molecular formula is C18H19N3O3. The van der Waals surface area contributed by atoms with E-state index in [9.17, 15) is 4.79 Å². The smallest absolute Gasteiger partial charge is 0.408 e. The minimum Gasteiger partial charge on any atom is -0.408 e. The summed E-state index contributed by atoms with van der Waals surface area (Å²) in [6.45, 7) is 3.73. The summed E-state index contributed by atoms with van der Waals surface area (Å²) < 4.78 is 12.8. The first-order chi connectivity index (χ1) is 11.8. The molecule has 6 heteroatoms. The van der Waals surface area contributed by atoms with Crippen molar-refractivity contribution in [2.75, 3.05) is 26.2 Å². The molecule has 2 aromatic heterocycles. The van der Waals surface area contributed by atoms with Crippen LogP contribution in [-0.2, 0) is 11.3 Å².